The van der Waals surface area contributed by atoms with Crippen LogP contribution in [0.3, 0.4) is 0 Å². The molecule has 0 bridgehead atoms. The minimum atomic E-state index is -0.171. The van der Waals surface area contributed by atoms with Gasteiger partial charge in [0.1, 0.15) is 18.2 Å². The summed E-state index contributed by atoms with van der Waals surface area (Å²) in [7, 11) is 0. The summed E-state index contributed by atoms with van der Waals surface area (Å²) in [6.45, 7) is 7.67. The molecule has 0 saturated heterocycles. The van der Waals surface area contributed by atoms with Gasteiger partial charge in [-0.15, -0.1) is 0 Å². The SMILES string of the molecule is Cc1noc(C(C)C)c1C(=O)NC(C)c1ccc(-n2cncn2)cc1. The lowest BCUT2D eigenvalue weighted by Crippen LogP contribution is -2.27. The van der Waals surface area contributed by atoms with Gasteiger partial charge in [-0.3, -0.25) is 4.79 Å². The summed E-state index contributed by atoms with van der Waals surface area (Å²) < 4.78 is 6.98. The van der Waals surface area contributed by atoms with E-state index in [1.807, 2.05) is 45.0 Å². The Bertz CT molecular complexity index is 850. The van der Waals surface area contributed by atoms with Gasteiger partial charge in [-0.2, -0.15) is 5.10 Å². The van der Waals surface area contributed by atoms with Crippen LogP contribution in [0.25, 0.3) is 5.69 Å². The number of hydrogen-bond acceptors (Lipinski definition) is 5. The highest BCUT2D eigenvalue weighted by molar-refractivity contribution is 5.96. The van der Waals surface area contributed by atoms with Crippen molar-refractivity contribution < 1.29 is 9.32 Å². The minimum Gasteiger partial charge on any atom is -0.360 e. The molecule has 1 aromatic carbocycles. The summed E-state index contributed by atoms with van der Waals surface area (Å²) in [4.78, 5) is 16.6. The van der Waals surface area contributed by atoms with E-state index in [0.717, 1.165) is 11.3 Å². The van der Waals surface area contributed by atoms with E-state index in [9.17, 15) is 4.79 Å². The van der Waals surface area contributed by atoms with E-state index in [4.69, 9.17) is 4.52 Å². The van der Waals surface area contributed by atoms with Crippen molar-refractivity contribution >= 4 is 5.91 Å². The predicted octanol–water partition coefficient (Wildman–Crippen LogP) is 3.18. The molecular weight excluding hydrogens is 318 g/mol. The molecule has 3 aromatic rings. The third-order valence-electron chi connectivity index (χ3n) is 4.06. The first kappa shape index (κ1) is 16.9. The molecule has 0 saturated carbocycles. The standard InChI is InChI=1S/C18H21N5O2/c1-11(2)17-16(13(4)22-25-17)18(24)21-12(3)14-5-7-15(8-6-14)23-10-19-9-20-23/h5-12H,1-4H3,(H,21,24). The molecule has 7 nitrogen and oxygen atoms in total. The fourth-order valence-corrected chi connectivity index (χ4v) is 2.67. The number of aromatic nitrogens is 4. The summed E-state index contributed by atoms with van der Waals surface area (Å²) in [6, 6.07) is 7.66. The summed E-state index contributed by atoms with van der Waals surface area (Å²) in [5.74, 6) is 0.540. The average molecular weight is 339 g/mol. The van der Waals surface area contributed by atoms with E-state index in [1.165, 1.54) is 6.33 Å². The van der Waals surface area contributed by atoms with E-state index in [-0.39, 0.29) is 17.9 Å². The molecule has 0 aliphatic rings. The molecule has 1 atom stereocenters. The lowest BCUT2D eigenvalue weighted by Gasteiger charge is -2.15. The highest BCUT2D eigenvalue weighted by atomic mass is 16.5. The highest BCUT2D eigenvalue weighted by Crippen LogP contribution is 2.23. The maximum atomic E-state index is 12.7. The van der Waals surface area contributed by atoms with Crippen LogP contribution in [-0.2, 0) is 0 Å². The number of aryl methyl sites for hydroxylation is 1. The minimum absolute atomic E-state index is 0.0965. The summed E-state index contributed by atoms with van der Waals surface area (Å²) in [5.41, 5.74) is 3.05. The number of nitrogens with one attached hydrogen (secondary N) is 1. The predicted molar refractivity (Wildman–Crippen MR) is 92.6 cm³/mol. The first-order valence-corrected chi connectivity index (χ1v) is 8.19. The Morgan fingerprint density at radius 1 is 1.20 bits per heavy atom. The quantitative estimate of drug-likeness (QED) is 0.771. The van der Waals surface area contributed by atoms with E-state index in [0.29, 0.717) is 17.0 Å². The molecule has 2 heterocycles. The second-order valence-electron chi connectivity index (χ2n) is 6.29. The molecule has 2 aromatic heterocycles. The van der Waals surface area contributed by atoms with Crippen LogP contribution in [0.2, 0.25) is 0 Å². The van der Waals surface area contributed by atoms with Gasteiger partial charge >= 0.3 is 0 Å². The first-order chi connectivity index (χ1) is 12.0. The van der Waals surface area contributed by atoms with E-state index in [1.54, 1.807) is 17.9 Å². The van der Waals surface area contributed by atoms with Crippen LogP contribution in [0.5, 0.6) is 0 Å². The summed E-state index contributed by atoms with van der Waals surface area (Å²) >= 11 is 0. The number of carbonyl (C=O) groups is 1. The number of carbonyl (C=O) groups excluding carboxylic acids is 1. The second kappa shape index (κ2) is 6.88. The Hall–Kier alpha value is -2.96. The molecule has 1 amide bonds. The molecule has 7 heteroatoms. The summed E-state index contributed by atoms with van der Waals surface area (Å²) in [5, 5.41) is 11.0. The van der Waals surface area contributed by atoms with Crippen LogP contribution in [0, 0.1) is 6.92 Å². The van der Waals surface area contributed by atoms with Crippen molar-refractivity contribution in [1.29, 1.82) is 0 Å². The van der Waals surface area contributed by atoms with Gasteiger partial charge in [0.25, 0.3) is 5.91 Å². The third-order valence-corrected chi connectivity index (χ3v) is 4.06. The van der Waals surface area contributed by atoms with Crippen LogP contribution in [0.1, 0.15) is 60.1 Å². The maximum absolute atomic E-state index is 12.7. The lowest BCUT2D eigenvalue weighted by atomic mass is 10.0. The van der Waals surface area contributed by atoms with Gasteiger partial charge in [-0.25, -0.2) is 9.67 Å². The zero-order chi connectivity index (χ0) is 18.0. The third kappa shape index (κ3) is 3.45. The van der Waals surface area contributed by atoms with Gasteiger partial charge in [0, 0.05) is 5.92 Å². The smallest absolute Gasteiger partial charge is 0.257 e. The Balaban J connectivity index is 1.75. The largest absolute Gasteiger partial charge is 0.360 e. The molecule has 25 heavy (non-hydrogen) atoms. The van der Waals surface area contributed by atoms with Crippen LogP contribution in [0.4, 0.5) is 0 Å². The Labute approximate surface area is 146 Å². The molecule has 0 radical (unpaired) electrons. The highest BCUT2D eigenvalue weighted by Gasteiger charge is 2.23. The average Bonchev–Trinajstić information content (AvgIpc) is 3.24. The van der Waals surface area contributed by atoms with Gasteiger partial charge in [0.05, 0.1) is 17.4 Å². The normalized spacial score (nSPS) is 12.4. The van der Waals surface area contributed by atoms with Crippen molar-refractivity contribution in [3.8, 4) is 5.69 Å². The molecule has 0 spiro atoms. The Morgan fingerprint density at radius 3 is 2.52 bits per heavy atom. The van der Waals surface area contributed by atoms with Gasteiger partial charge in [-0.05, 0) is 31.5 Å². The number of nitrogens with zero attached hydrogens (tertiary/aromatic N) is 4. The molecule has 0 fully saturated rings. The molecular formula is C18H21N5O2. The molecule has 0 aliphatic heterocycles. The van der Waals surface area contributed by atoms with Crippen LogP contribution in [-0.4, -0.2) is 25.8 Å². The molecule has 3 rings (SSSR count). The van der Waals surface area contributed by atoms with Crippen molar-refractivity contribution in [3.05, 3.63) is 59.5 Å². The Morgan fingerprint density at radius 2 is 1.92 bits per heavy atom. The number of benzene rings is 1. The number of rotatable bonds is 5. The van der Waals surface area contributed by atoms with E-state index >= 15 is 0 Å². The van der Waals surface area contributed by atoms with Crippen LogP contribution in [0.15, 0.2) is 41.4 Å². The molecule has 1 unspecified atom stereocenters. The Kier molecular flexibility index (Phi) is 4.65. The number of amides is 1. The van der Waals surface area contributed by atoms with Crippen molar-refractivity contribution in [1.82, 2.24) is 25.2 Å². The summed E-state index contributed by atoms with van der Waals surface area (Å²) in [6.07, 6.45) is 3.13. The lowest BCUT2D eigenvalue weighted by molar-refractivity contribution is 0.0937. The van der Waals surface area contributed by atoms with E-state index in [2.05, 4.69) is 20.6 Å². The van der Waals surface area contributed by atoms with Crippen LogP contribution < -0.4 is 5.32 Å². The van der Waals surface area contributed by atoms with Crippen LogP contribution >= 0.6 is 0 Å². The molecule has 130 valence electrons. The molecule has 1 N–H and O–H groups in total. The fraction of sp³-hybridized carbons (Fsp3) is 0.333. The number of hydrogen-bond donors (Lipinski definition) is 1. The van der Waals surface area contributed by atoms with E-state index < -0.39 is 0 Å². The van der Waals surface area contributed by atoms with Crippen molar-refractivity contribution in [2.45, 2.75) is 39.7 Å². The van der Waals surface area contributed by atoms with Gasteiger partial charge in [-0.1, -0.05) is 31.1 Å². The fourth-order valence-electron chi connectivity index (χ4n) is 2.67. The monoisotopic (exact) mass is 339 g/mol. The zero-order valence-corrected chi connectivity index (χ0v) is 14.7. The van der Waals surface area contributed by atoms with Gasteiger partial charge in [0.15, 0.2) is 5.76 Å². The van der Waals surface area contributed by atoms with Crippen molar-refractivity contribution in [2.24, 2.45) is 0 Å². The van der Waals surface area contributed by atoms with Gasteiger partial charge < -0.3 is 9.84 Å². The molecule has 0 aliphatic carbocycles. The van der Waals surface area contributed by atoms with Crippen molar-refractivity contribution in [2.75, 3.05) is 0 Å². The van der Waals surface area contributed by atoms with Crippen molar-refractivity contribution in [3.63, 3.8) is 0 Å². The van der Waals surface area contributed by atoms with Gasteiger partial charge in [0.2, 0.25) is 0 Å². The second-order valence-corrected chi connectivity index (χ2v) is 6.29. The maximum Gasteiger partial charge on any atom is 0.257 e. The zero-order valence-electron chi connectivity index (χ0n) is 14.7. The topological polar surface area (TPSA) is 85.8 Å². The first-order valence-electron chi connectivity index (χ1n) is 8.19.